The summed E-state index contributed by atoms with van der Waals surface area (Å²) in [5.74, 6) is 0.00971. The van der Waals surface area contributed by atoms with E-state index >= 15 is 0 Å². The highest BCUT2D eigenvalue weighted by Gasteiger charge is 2.37. The first kappa shape index (κ1) is 39.6. The molecular formula is C40H76O4. The van der Waals surface area contributed by atoms with Gasteiger partial charge in [-0.25, -0.2) is 0 Å². The van der Waals surface area contributed by atoms with Crippen molar-refractivity contribution in [2.75, 3.05) is 6.61 Å². The second-order valence-electron chi connectivity index (χ2n) is 14.4. The van der Waals surface area contributed by atoms with Crippen molar-refractivity contribution in [3.63, 3.8) is 0 Å². The highest BCUT2D eigenvalue weighted by atomic mass is 16.6. The lowest BCUT2D eigenvalue weighted by atomic mass is 10.0. The first-order chi connectivity index (χ1) is 21.7. The third-order valence-electron chi connectivity index (χ3n) is 10.1. The van der Waals surface area contributed by atoms with Gasteiger partial charge in [-0.05, 0) is 38.5 Å². The number of rotatable bonds is 35. The Morgan fingerprint density at radius 3 is 1.07 bits per heavy atom. The molecule has 44 heavy (non-hydrogen) atoms. The van der Waals surface area contributed by atoms with E-state index in [1.807, 2.05) is 0 Å². The van der Waals surface area contributed by atoms with E-state index < -0.39 is 0 Å². The first-order valence-corrected chi connectivity index (χ1v) is 20.2. The first-order valence-electron chi connectivity index (χ1n) is 20.2. The fraction of sp³-hybridized carbons (Fsp3) is 0.975. The van der Waals surface area contributed by atoms with Gasteiger partial charge in [-0.2, -0.15) is 0 Å². The number of hydrogen-bond donors (Lipinski definition) is 0. The summed E-state index contributed by atoms with van der Waals surface area (Å²) in [5, 5.41) is 0. The Morgan fingerprint density at radius 1 is 0.409 bits per heavy atom. The molecule has 0 aromatic carbocycles. The summed E-state index contributed by atoms with van der Waals surface area (Å²) in [6.45, 7) is 5.18. The summed E-state index contributed by atoms with van der Waals surface area (Å²) in [5.41, 5.74) is 0. The van der Waals surface area contributed by atoms with Crippen molar-refractivity contribution in [1.82, 2.24) is 0 Å². The molecule has 2 fully saturated rings. The van der Waals surface area contributed by atoms with Gasteiger partial charge in [0, 0.05) is 6.42 Å². The smallest absolute Gasteiger partial charge is 0.305 e. The fourth-order valence-electron chi connectivity index (χ4n) is 6.89. The highest BCUT2D eigenvalue weighted by molar-refractivity contribution is 5.69. The monoisotopic (exact) mass is 621 g/mol. The van der Waals surface area contributed by atoms with Crippen molar-refractivity contribution >= 4 is 5.97 Å². The Kier molecular flexibility index (Phi) is 25.7. The average molecular weight is 621 g/mol. The van der Waals surface area contributed by atoms with Crippen LogP contribution in [0, 0.1) is 0 Å². The molecule has 2 saturated heterocycles. The zero-order chi connectivity index (χ0) is 31.3. The lowest BCUT2D eigenvalue weighted by Crippen LogP contribution is -2.05. The van der Waals surface area contributed by atoms with Gasteiger partial charge in [-0.1, -0.05) is 174 Å². The van der Waals surface area contributed by atoms with Crippen LogP contribution >= 0.6 is 0 Å². The van der Waals surface area contributed by atoms with Gasteiger partial charge in [-0.15, -0.1) is 0 Å². The second kappa shape index (κ2) is 28.6. The quantitative estimate of drug-likeness (QED) is 0.0402. The number of hydrogen-bond acceptors (Lipinski definition) is 4. The van der Waals surface area contributed by atoms with Crippen LogP contribution in [0.15, 0.2) is 0 Å². The van der Waals surface area contributed by atoms with E-state index in [9.17, 15) is 4.79 Å². The third kappa shape index (κ3) is 23.7. The average Bonchev–Trinajstić information content (AvgIpc) is 3.95. The van der Waals surface area contributed by atoms with E-state index in [0.29, 0.717) is 37.4 Å². The molecule has 4 atom stereocenters. The molecule has 0 aliphatic carbocycles. The normalized spacial score (nSPS) is 20.7. The topological polar surface area (TPSA) is 51.4 Å². The van der Waals surface area contributed by atoms with Gasteiger partial charge in [0.05, 0.1) is 31.0 Å². The molecular weight excluding hydrogens is 544 g/mol. The van der Waals surface area contributed by atoms with Crippen LogP contribution in [0.4, 0.5) is 0 Å². The van der Waals surface area contributed by atoms with E-state index in [-0.39, 0.29) is 5.97 Å². The molecule has 2 aliphatic heterocycles. The SMILES string of the molecule is CCCCCCCCC1OC1CCCCCCCCCCCCOC(=O)CCCCCCCC1OC1CCCCCCCC. The molecule has 0 saturated carbocycles. The summed E-state index contributed by atoms with van der Waals surface area (Å²) in [6, 6.07) is 0. The molecule has 4 nitrogen and oxygen atoms in total. The van der Waals surface area contributed by atoms with Gasteiger partial charge in [0.2, 0.25) is 0 Å². The minimum atomic E-state index is 0.00971. The minimum absolute atomic E-state index is 0.00971. The van der Waals surface area contributed by atoms with Crippen LogP contribution in [0.2, 0.25) is 0 Å². The Morgan fingerprint density at radius 2 is 0.705 bits per heavy atom. The number of carbonyl (C=O) groups excluding carboxylic acids is 1. The zero-order valence-corrected chi connectivity index (χ0v) is 29.8. The van der Waals surface area contributed by atoms with E-state index in [2.05, 4.69) is 13.8 Å². The number of ether oxygens (including phenoxy) is 3. The van der Waals surface area contributed by atoms with Crippen LogP contribution in [-0.4, -0.2) is 37.0 Å². The molecule has 260 valence electrons. The number of unbranched alkanes of at least 4 members (excludes halogenated alkanes) is 23. The van der Waals surface area contributed by atoms with E-state index in [1.165, 1.54) is 180 Å². The minimum Gasteiger partial charge on any atom is -0.466 e. The molecule has 0 amide bonds. The summed E-state index contributed by atoms with van der Waals surface area (Å²) in [4.78, 5) is 12.0. The molecule has 0 aromatic rings. The van der Waals surface area contributed by atoms with Crippen LogP contribution in [0.5, 0.6) is 0 Å². The maximum absolute atomic E-state index is 12.0. The van der Waals surface area contributed by atoms with Crippen molar-refractivity contribution in [1.29, 1.82) is 0 Å². The maximum Gasteiger partial charge on any atom is 0.305 e. The summed E-state index contributed by atoms with van der Waals surface area (Å²) < 4.78 is 17.2. The number of esters is 1. The molecule has 0 aromatic heterocycles. The van der Waals surface area contributed by atoms with Gasteiger partial charge in [0.25, 0.3) is 0 Å². The van der Waals surface area contributed by atoms with Crippen molar-refractivity contribution in [2.45, 2.75) is 244 Å². The van der Waals surface area contributed by atoms with Crippen LogP contribution in [0.1, 0.15) is 219 Å². The molecule has 0 N–H and O–H groups in total. The van der Waals surface area contributed by atoms with Crippen molar-refractivity contribution < 1.29 is 19.0 Å². The van der Waals surface area contributed by atoms with Gasteiger partial charge in [0.1, 0.15) is 0 Å². The van der Waals surface area contributed by atoms with Crippen LogP contribution in [0.25, 0.3) is 0 Å². The molecule has 0 bridgehead atoms. The summed E-state index contributed by atoms with van der Waals surface area (Å²) >= 11 is 0. The lowest BCUT2D eigenvalue weighted by Gasteiger charge is -2.05. The van der Waals surface area contributed by atoms with Crippen LogP contribution < -0.4 is 0 Å². The second-order valence-corrected chi connectivity index (χ2v) is 14.4. The highest BCUT2D eigenvalue weighted by Crippen LogP contribution is 2.33. The van der Waals surface area contributed by atoms with E-state index in [0.717, 1.165) is 19.3 Å². The Labute approximate surface area is 274 Å². The zero-order valence-electron chi connectivity index (χ0n) is 29.8. The van der Waals surface area contributed by atoms with Crippen molar-refractivity contribution in [3.8, 4) is 0 Å². The Hall–Kier alpha value is -0.610. The molecule has 2 aliphatic rings. The number of carbonyl (C=O) groups is 1. The molecule has 4 unspecified atom stereocenters. The maximum atomic E-state index is 12.0. The molecule has 2 heterocycles. The predicted octanol–water partition coefficient (Wildman–Crippen LogP) is 12.6. The molecule has 0 spiro atoms. The third-order valence-corrected chi connectivity index (χ3v) is 10.1. The number of epoxide rings is 2. The van der Waals surface area contributed by atoms with Gasteiger partial charge in [0.15, 0.2) is 0 Å². The standard InChI is InChI=1S/C40H76O4/c1-3-5-7-9-18-24-30-36-38(43-36)32-26-20-15-13-11-12-14-16-23-29-35-42-40(41)34-28-22-17-21-27-33-39-37(44-39)31-25-19-10-8-6-4-2/h36-39H,3-35H2,1-2H3. The van der Waals surface area contributed by atoms with Gasteiger partial charge in [-0.3, -0.25) is 4.79 Å². The van der Waals surface area contributed by atoms with Crippen LogP contribution in [-0.2, 0) is 19.0 Å². The fourth-order valence-corrected chi connectivity index (χ4v) is 6.89. The van der Waals surface area contributed by atoms with Crippen molar-refractivity contribution in [2.24, 2.45) is 0 Å². The van der Waals surface area contributed by atoms with E-state index in [1.54, 1.807) is 0 Å². The summed E-state index contributed by atoms with van der Waals surface area (Å²) in [6.07, 6.45) is 43.6. The predicted molar refractivity (Wildman–Crippen MR) is 187 cm³/mol. The Balaban J connectivity index is 1.19. The summed E-state index contributed by atoms with van der Waals surface area (Å²) in [7, 11) is 0. The van der Waals surface area contributed by atoms with E-state index in [4.69, 9.17) is 14.2 Å². The molecule has 0 radical (unpaired) electrons. The molecule has 4 heteroatoms. The van der Waals surface area contributed by atoms with Gasteiger partial charge >= 0.3 is 5.97 Å². The van der Waals surface area contributed by atoms with Gasteiger partial charge < -0.3 is 14.2 Å². The Bertz CT molecular complexity index is 637. The molecule has 2 rings (SSSR count). The largest absolute Gasteiger partial charge is 0.466 e. The lowest BCUT2D eigenvalue weighted by molar-refractivity contribution is -0.143. The van der Waals surface area contributed by atoms with Crippen LogP contribution in [0.3, 0.4) is 0 Å². The van der Waals surface area contributed by atoms with Crippen molar-refractivity contribution in [3.05, 3.63) is 0 Å².